The fraction of sp³-hybridized carbons (Fsp3) is 0.0370. The third kappa shape index (κ3) is 3.46. The number of hydrogen-bond donors (Lipinski definition) is 0. The minimum atomic E-state index is -0.475. The predicted octanol–water partition coefficient (Wildman–Crippen LogP) is 13.3. The van der Waals surface area contributed by atoms with Crippen LogP contribution in [0.25, 0.3) is 55.3 Å². The zero-order valence-corrected chi connectivity index (χ0v) is 29.9. The predicted molar refractivity (Wildman–Crippen MR) is 223 cm³/mol. The van der Waals surface area contributed by atoms with Gasteiger partial charge in [-0.1, -0.05) is 176 Å². The summed E-state index contributed by atoms with van der Waals surface area (Å²) in [6.45, 7) is 0. The second-order valence-electron chi connectivity index (χ2n) is 15.5. The largest absolute Gasteiger partial charge is 0.457 e. The zero-order chi connectivity index (χ0) is 35.9. The highest BCUT2D eigenvalue weighted by atomic mass is 16.5. The van der Waals surface area contributed by atoms with Crippen molar-refractivity contribution in [2.24, 2.45) is 0 Å². The summed E-state index contributed by atoms with van der Waals surface area (Å²) in [5, 5.41) is 2.63. The summed E-state index contributed by atoms with van der Waals surface area (Å²) >= 11 is 0. The first-order valence-electron chi connectivity index (χ1n) is 19.3. The van der Waals surface area contributed by atoms with E-state index in [1.54, 1.807) is 0 Å². The van der Waals surface area contributed by atoms with Crippen LogP contribution in [0.3, 0.4) is 0 Å². The Morgan fingerprint density at radius 3 is 1.36 bits per heavy atom. The van der Waals surface area contributed by atoms with Crippen molar-refractivity contribution in [3.8, 4) is 56.0 Å². The zero-order valence-electron chi connectivity index (χ0n) is 29.9. The maximum Gasteiger partial charge on any atom is 0.132 e. The molecule has 13 rings (SSSR count). The molecule has 3 aliphatic carbocycles. The second-order valence-corrected chi connectivity index (χ2v) is 15.5. The van der Waals surface area contributed by atoms with E-state index in [-0.39, 0.29) is 0 Å². The Morgan fingerprint density at radius 1 is 0.273 bits per heavy atom. The summed E-state index contributed by atoms with van der Waals surface area (Å²) in [6.07, 6.45) is 0. The summed E-state index contributed by atoms with van der Waals surface area (Å²) in [6, 6.07) is 72.4. The van der Waals surface area contributed by atoms with E-state index in [9.17, 15) is 0 Å². The van der Waals surface area contributed by atoms with Crippen LogP contribution in [-0.4, -0.2) is 0 Å². The molecule has 4 aliphatic rings. The first-order chi connectivity index (χ1) is 27.3. The highest BCUT2D eigenvalue weighted by molar-refractivity contribution is 6.07. The van der Waals surface area contributed by atoms with Gasteiger partial charge in [-0.3, -0.25) is 0 Å². The molecule has 1 atom stereocenters. The van der Waals surface area contributed by atoms with E-state index < -0.39 is 10.8 Å². The molecule has 1 nitrogen and oxygen atoms in total. The van der Waals surface area contributed by atoms with Gasteiger partial charge >= 0.3 is 0 Å². The van der Waals surface area contributed by atoms with Gasteiger partial charge in [0.05, 0.1) is 10.8 Å². The smallest absolute Gasteiger partial charge is 0.132 e. The minimum Gasteiger partial charge on any atom is -0.457 e. The van der Waals surface area contributed by atoms with E-state index in [0.717, 1.165) is 17.1 Å². The van der Waals surface area contributed by atoms with Gasteiger partial charge in [0.2, 0.25) is 0 Å². The van der Waals surface area contributed by atoms with E-state index in [1.807, 2.05) is 0 Å². The van der Waals surface area contributed by atoms with Crippen LogP contribution in [0.1, 0.15) is 44.5 Å². The van der Waals surface area contributed by atoms with Crippen LogP contribution in [0.2, 0.25) is 0 Å². The van der Waals surface area contributed by atoms with Crippen molar-refractivity contribution in [3.63, 3.8) is 0 Å². The summed E-state index contributed by atoms with van der Waals surface area (Å²) in [5.41, 5.74) is 19.6. The lowest BCUT2D eigenvalue weighted by atomic mass is 9.61. The Hall–Kier alpha value is -6.96. The van der Waals surface area contributed by atoms with Gasteiger partial charge in [-0.05, 0) is 107 Å². The summed E-state index contributed by atoms with van der Waals surface area (Å²) in [7, 11) is 0. The molecule has 0 bridgehead atoms. The third-order valence-electron chi connectivity index (χ3n) is 13.2. The molecule has 9 aromatic carbocycles. The average Bonchev–Trinajstić information content (AvgIpc) is 3.71. The maximum atomic E-state index is 6.93. The molecule has 0 aromatic heterocycles. The van der Waals surface area contributed by atoms with Crippen molar-refractivity contribution >= 4 is 10.8 Å². The minimum absolute atomic E-state index is 0.461. The molecule has 0 fully saturated rings. The Kier molecular flexibility index (Phi) is 5.56. The Balaban J connectivity index is 1.07. The topological polar surface area (TPSA) is 9.23 Å². The molecule has 254 valence electrons. The lowest BCUT2D eigenvalue weighted by Gasteiger charge is -2.40. The molecule has 1 unspecified atom stereocenters. The molecular weight excluding hydrogens is 665 g/mol. The molecule has 9 aromatic rings. The second kappa shape index (κ2) is 10.4. The first-order valence-corrected chi connectivity index (χ1v) is 19.3. The van der Waals surface area contributed by atoms with Crippen molar-refractivity contribution in [3.05, 3.63) is 239 Å². The van der Waals surface area contributed by atoms with E-state index in [4.69, 9.17) is 4.74 Å². The number of benzene rings is 9. The third-order valence-corrected chi connectivity index (χ3v) is 13.2. The highest BCUT2D eigenvalue weighted by Crippen LogP contribution is 2.64. The molecule has 0 saturated carbocycles. The number of hydrogen-bond acceptors (Lipinski definition) is 1. The Labute approximate surface area is 319 Å². The van der Waals surface area contributed by atoms with Crippen LogP contribution in [0.4, 0.5) is 0 Å². The van der Waals surface area contributed by atoms with Crippen molar-refractivity contribution in [1.82, 2.24) is 0 Å². The van der Waals surface area contributed by atoms with Crippen LogP contribution in [0.15, 0.2) is 194 Å². The van der Waals surface area contributed by atoms with E-state index in [0.29, 0.717) is 0 Å². The normalized spacial score (nSPS) is 16.7. The average molecular weight is 697 g/mol. The Morgan fingerprint density at radius 2 is 0.709 bits per heavy atom. The molecule has 0 saturated heterocycles. The lowest BCUT2D eigenvalue weighted by Crippen LogP contribution is -2.32. The quantitative estimate of drug-likeness (QED) is 0.166. The van der Waals surface area contributed by atoms with Gasteiger partial charge < -0.3 is 4.74 Å². The summed E-state index contributed by atoms with van der Waals surface area (Å²) < 4.78 is 6.93. The van der Waals surface area contributed by atoms with Crippen LogP contribution >= 0.6 is 0 Å². The molecule has 1 heterocycles. The lowest BCUT2D eigenvalue weighted by molar-refractivity contribution is 0.436. The maximum absolute atomic E-state index is 6.93. The van der Waals surface area contributed by atoms with Crippen molar-refractivity contribution in [2.45, 2.75) is 10.8 Å². The van der Waals surface area contributed by atoms with Crippen molar-refractivity contribution in [1.29, 1.82) is 0 Å². The van der Waals surface area contributed by atoms with Crippen LogP contribution in [-0.2, 0) is 10.8 Å². The van der Waals surface area contributed by atoms with Gasteiger partial charge in [-0.2, -0.15) is 0 Å². The molecule has 0 N–H and O–H groups in total. The van der Waals surface area contributed by atoms with Gasteiger partial charge in [0.1, 0.15) is 11.5 Å². The molecule has 2 spiro atoms. The first kappa shape index (κ1) is 29.5. The van der Waals surface area contributed by atoms with Gasteiger partial charge in [0, 0.05) is 11.1 Å². The molecule has 0 amide bonds. The number of para-hydroxylation sites is 1. The van der Waals surface area contributed by atoms with Crippen LogP contribution in [0, 0.1) is 0 Å². The van der Waals surface area contributed by atoms with Crippen LogP contribution < -0.4 is 4.74 Å². The van der Waals surface area contributed by atoms with E-state index >= 15 is 0 Å². The van der Waals surface area contributed by atoms with Crippen molar-refractivity contribution in [2.75, 3.05) is 0 Å². The van der Waals surface area contributed by atoms with Crippen molar-refractivity contribution < 1.29 is 4.74 Å². The van der Waals surface area contributed by atoms with E-state index in [2.05, 4.69) is 194 Å². The highest BCUT2D eigenvalue weighted by Gasteiger charge is 2.52. The van der Waals surface area contributed by atoms with Crippen LogP contribution in [0.5, 0.6) is 11.5 Å². The summed E-state index contributed by atoms with van der Waals surface area (Å²) in [4.78, 5) is 0. The standard InChI is InChI=1S/C54H32O/c1-5-20-42-36(15-1)37-16-2-6-21-43(37)53(42)46-24-9-10-26-50(46)55-51-32-35(28-30-47(51)53)34-27-29-40-38-17-3-7-22-44(38)54(49(40)31-34)45-23-8-4-18-39(45)41-19-11-13-33-14-12-25-48(54)52(33)41/h1-32H. The van der Waals surface area contributed by atoms with E-state index in [1.165, 1.54) is 94.2 Å². The SMILES string of the molecule is c1ccc2c(c1)Oc1cc(-c3ccc4c(c3)C3(c5ccccc5-4)c4ccccc4-c4cccc5cccc3c45)ccc1C21c2ccccc2-c2ccccc21. The van der Waals surface area contributed by atoms with Gasteiger partial charge in [-0.25, -0.2) is 0 Å². The fourth-order valence-corrected chi connectivity index (χ4v) is 11.1. The molecule has 0 radical (unpaired) electrons. The fourth-order valence-electron chi connectivity index (χ4n) is 11.1. The Bertz CT molecular complexity index is 3100. The molecule has 1 heteroatoms. The molecular formula is C54H32O. The number of rotatable bonds is 1. The number of fused-ring (bicyclic) bond motifs is 18. The monoisotopic (exact) mass is 696 g/mol. The molecule has 55 heavy (non-hydrogen) atoms. The van der Waals surface area contributed by atoms with Gasteiger partial charge in [0.15, 0.2) is 0 Å². The van der Waals surface area contributed by atoms with Gasteiger partial charge in [-0.15, -0.1) is 0 Å². The molecule has 1 aliphatic heterocycles. The number of ether oxygens (including phenoxy) is 1. The van der Waals surface area contributed by atoms with Gasteiger partial charge in [0.25, 0.3) is 0 Å². The summed E-state index contributed by atoms with van der Waals surface area (Å²) in [5.74, 6) is 1.82.